The van der Waals surface area contributed by atoms with Crippen LogP contribution >= 0.6 is 0 Å². The van der Waals surface area contributed by atoms with Crippen molar-refractivity contribution in [2.75, 3.05) is 12.4 Å². The number of sulfonamides is 1. The maximum atomic E-state index is 13.2. The Hall–Kier alpha value is -2.97. The van der Waals surface area contributed by atoms with Gasteiger partial charge in [-0.1, -0.05) is 25.8 Å². The molecule has 1 amide bonds. The average molecular weight is 454 g/mol. The summed E-state index contributed by atoms with van der Waals surface area (Å²) in [5.41, 5.74) is 1.59. The Morgan fingerprint density at radius 2 is 1.91 bits per heavy atom. The molecule has 8 heteroatoms. The van der Waals surface area contributed by atoms with Crippen LogP contribution in [0.1, 0.15) is 43.0 Å². The number of pyridine rings is 1. The first-order valence-electron chi connectivity index (χ1n) is 10.7. The van der Waals surface area contributed by atoms with Gasteiger partial charge in [-0.05, 0) is 61.2 Å². The van der Waals surface area contributed by atoms with Crippen molar-refractivity contribution in [3.05, 3.63) is 60.3 Å². The van der Waals surface area contributed by atoms with Gasteiger partial charge in [0.05, 0.1) is 18.3 Å². The van der Waals surface area contributed by atoms with E-state index in [1.54, 1.807) is 24.4 Å². The molecule has 2 aromatic carbocycles. The maximum Gasteiger partial charge on any atom is 0.255 e. The molecule has 0 saturated heterocycles. The summed E-state index contributed by atoms with van der Waals surface area (Å²) in [6.07, 6.45) is 5.60. The molecule has 4 rings (SSSR count). The molecule has 168 valence electrons. The molecule has 2 atom stereocenters. The van der Waals surface area contributed by atoms with Gasteiger partial charge in [-0.2, -0.15) is 0 Å². The summed E-state index contributed by atoms with van der Waals surface area (Å²) >= 11 is 0. The zero-order valence-electron chi connectivity index (χ0n) is 18.2. The van der Waals surface area contributed by atoms with Gasteiger partial charge < -0.3 is 10.1 Å². The van der Waals surface area contributed by atoms with E-state index < -0.39 is 15.9 Å². The molecule has 32 heavy (non-hydrogen) atoms. The van der Waals surface area contributed by atoms with Gasteiger partial charge in [0.25, 0.3) is 5.91 Å². The van der Waals surface area contributed by atoms with Crippen molar-refractivity contribution in [2.24, 2.45) is 5.92 Å². The number of anilines is 1. The van der Waals surface area contributed by atoms with Gasteiger partial charge >= 0.3 is 0 Å². The number of carbonyl (C=O) groups excluding carboxylic acids is 1. The van der Waals surface area contributed by atoms with Gasteiger partial charge in [0, 0.05) is 23.2 Å². The van der Waals surface area contributed by atoms with Crippen LogP contribution in [0.4, 0.5) is 5.69 Å². The third-order valence-corrected chi connectivity index (χ3v) is 7.54. The minimum absolute atomic E-state index is 0.0370. The third kappa shape index (κ3) is 4.61. The molecule has 1 aliphatic rings. The lowest BCUT2D eigenvalue weighted by Crippen LogP contribution is -2.41. The van der Waals surface area contributed by atoms with Crippen LogP contribution in [-0.4, -0.2) is 32.5 Å². The lowest BCUT2D eigenvalue weighted by molar-refractivity contribution is 0.102. The molecule has 1 aromatic heterocycles. The summed E-state index contributed by atoms with van der Waals surface area (Å²) in [5, 5.41) is 3.67. The van der Waals surface area contributed by atoms with E-state index in [9.17, 15) is 13.2 Å². The number of nitrogens with zero attached hydrogens (tertiary/aromatic N) is 1. The monoisotopic (exact) mass is 453 g/mol. The topological polar surface area (TPSA) is 97.4 Å². The van der Waals surface area contributed by atoms with Crippen LogP contribution in [0.3, 0.4) is 0 Å². The van der Waals surface area contributed by atoms with Crippen LogP contribution in [0.15, 0.2) is 59.6 Å². The smallest absolute Gasteiger partial charge is 0.255 e. The van der Waals surface area contributed by atoms with Crippen molar-refractivity contribution >= 4 is 32.5 Å². The molecule has 1 fully saturated rings. The van der Waals surface area contributed by atoms with Crippen molar-refractivity contribution < 1.29 is 17.9 Å². The Morgan fingerprint density at radius 1 is 1.09 bits per heavy atom. The van der Waals surface area contributed by atoms with Crippen LogP contribution < -0.4 is 14.8 Å². The number of aromatic nitrogens is 1. The van der Waals surface area contributed by atoms with E-state index in [1.807, 2.05) is 18.2 Å². The summed E-state index contributed by atoms with van der Waals surface area (Å²) in [7, 11) is -2.45. The summed E-state index contributed by atoms with van der Waals surface area (Å²) in [4.78, 5) is 17.3. The van der Waals surface area contributed by atoms with E-state index in [1.165, 1.54) is 19.2 Å². The van der Waals surface area contributed by atoms with E-state index in [0.717, 1.165) is 36.6 Å². The number of fused-ring (bicyclic) bond motifs is 1. The molecule has 3 aromatic rings. The third-order valence-electron chi connectivity index (χ3n) is 6.03. The molecule has 0 radical (unpaired) electrons. The van der Waals surface area contributed by atoms with Gasteiger partial charge in [-0.3, -0.25) is 9.78 Å². The highest BCUT2D eigenvalue weighted by molar-refractivity contribution is 7.89. The van der Waals surface area contributed by atoms with Crippen molar-refractivity contribution in [3.8, 4) is 5.75 Å². The number of nitrogens with one attached hydrogen (secondary N) is 2. The van der Waals surface area contributed by atoms with E-state index >= 15 is 0 Å². The molecule has 1 heterocycles. The Morgan fingerprint density at radius 3 is 2.69 bits per heavy atom. The number of benzene rings is 2. The van der Waals surface area contributed by atoms with Gasteiger partial charge in [-0.25, -0.2) is 13.1 Å². The van der Waals surface area contributed by atoms with Crippen molar-refractivity contribution in [2.45, 2.75) is 43.5 Å². The Balaban J connectivity index is 1.63. The van der Waals surface area contributed by atoms with Crippen LogP contribution in [0.25, 0.3) is 10.9 Å². The highest BCUT2D eigenvalue weighted by atomic mass is 32.2. The second-order valence-corrected chi connectivity index (χ2v) is 9.87. The van der Waals surface area contributed by atoms with Crippen LogP contribution in [0, 0.1) is 5.92 Å². The zero-order chi connectivity index (χ0) is 22.7. The number of amides is 1. The first-order chi connectivity index (χ1) is 15.4. The quantitative estimate of drug-likeness (QED) is 0.578. The van der Waals surface area contributed by atoms with Crippen LogP contribution in [0.2, 0.25) is 0 Å². The molecule has 7 nitrogen and oxygen atoms in total. The van der Waals surface area contributed by atoms with E-state index in [2.05, 4.69) is 21.9 Å². The maximum absolute atomic E-state index is 13.2. The number of hydrogen-bond acceptors (Lipinski definition) is 5. The molecule has 1 saturated carbocycles. The lowest BCUT2D eigenvalue weighted by atomic mass is 9.87. The second-order valence-electron chi connectivity index (χ2n) is 8.18. The SMILES string of the molecule is COc1ccc(C(=O)Nc2cccc3ncccc23)cc1S(=O)(=O)NC1CCCCC1C. The van der Waals surface area contributed by atoms with Gasteiger partial charge in [0.2, 0.25) is 10.0 Å². The Labute approximate surface area is 188 Å². The van der Waals surface area contributed by atoms with Gasteiger partial charge in [-0.15, -0.1) is 0 Å². The minimum Gasteiger partial charge on any atom is -0.495 e. The van der Waals surface area contributed by atoms with E-state index in [-0.39, 0.29) is 28.2 Å². The fraction of sp³-hybridized carbons (Fsp3) is 0.333. The lowest BCUT2D eigenvalue weighted by Gasteiger charge is -2.29. The normalized spacial score (nSPS) is 18.9. The summed E-state index contributed by atoms with van der Waals surface area (Å²) in [5.74, 6) is 0.0503. The molecular formula is C24H27N3O4S. The highest BCUT2D eigenvalue weighted by Crippen LogP contribution is 2.29. The van der Waals surface area contributed by atoms with E-state index in [4.69, 9.17) is 4.74 Å². The first-order valence-corrected chi connectivity index (χ1v) is 12.2. The molecule has 2 N–H and O–H groups in total. The minimum atomic E-state index is -3.86. The fourth-order valence-corrected chi connectivity index (χ4v) is 5.76. The zero-order valence-corrected chi connectivity index (χ0v) is 19.0. The van der Waals surface area contributed by atoms with Gasteiger partial charge in [0.15, 0.2) is 0 Å². The largest absolute Gasteiger partial charge is 0.495 e. The Kier molecular flexibility index (Phi) is 6.43. The number of rotatable bonds is 6. The average Bonchev–Trinajstić information content (AvgIpc) is 2.80. The van der Waals surface area contributed by atoms with Gasteiger partial charge in [0.1, 0.15) is 10.6 Å². The summed E-state index contributed by atoms with van der Waals surface area (Å²) < 4.78 is 34.5. The number of ether oxygens (including phenoxy) is 1. The predicted octanol–water partition coefficient (Wildman–Crippen LogP) is 4.35. The molecule has 0 aliphatic heterocycles. The molecule has 1 aliphatic carbocycles. The summed E-state index contributed by atoms with van der Waals surface area (Å²) in [6, 6.07) is 13.4. The number of hydrogen-bond donors (Lipinski definition) is 2. The molecule has 2 unspecified atom stereocenters. The Bertz CT molecular complexity index is 1240. The van der Waals surface area contributed by atoms with Crippen molar-refractivity contribution in [1.82, 2.24) is 9.71 Å². The molecule has 0 bridgehead atoms. The standard InChI is InChI=1S/C24H27N3O4S/c1-16-7-3-4-9-19(16)27-32(29,30)23-15-17(12-13-22(23)31-2)24(28)26-21-11-5-10-20-18(21)8-6-14-25-20/h5-6,8,10-16,19,27H,3-4,7,9H2,1-2H3,(H,26,28). The second kappa shape index (κ2) is 9.26. The first kappa shape index (κ1) is 22.2. The number of methoxy groups -OCH3 is 1. The fourth-order valence-electron chi connectivity index (χ4n) is 4.19. The van der Waals surface area contributed by atoms with Crippen molar-refractivity contribution in [3.63, 3.8) is 0 Å². The molecule has 0 spiro atoms. The van der Waals surface area contributed by atoms with Crippen LogP contribution in [0.5, 0.6) is 5.75 Å². The summed E-state index contributed by atoms with van der Waals surface area (Å²) in [6.45, 7) is 2.06. The number of carbonyl (C=O) groups is 1. The van der Waals surface area contributed by atoms with Crippen molar-refractivity contribution in [1.29, 1.82) is 0 Å². The highest BCUT2D eigenvalue weighted by Gasteiger charge is 2.29. The van der Waals surface area contributed by atoms with Crippen LogP contribution in [-0.2, 0) is 10.0 Å². The molecular weight excluding hydrogens is 426 g/mol. The van der Waals surface area contributed by atoms with E-state index in [0.29, 0.717) is 5.69 Å². The predicted molar refractivity (Wildman–Crippen MR) is 124 cm³/mol.